The minimum atomic E-state index is -0.956. The van der Waals surface area contributed by atoms with E-state index in [1.54, 1.807) is 10.9 Å². The summed E-state index contributed by atoms with van der Waals surface area (Å²) in [5.74, 6) is -1.87. The molecule has 0 spiro atoms. The second kappa shape index (κ2) is 6.98. The highest BCUT2D eigenvalue weighted by Gasteiger charge is 2.21. The molecule has 3 atom stereocenters. The molecular formula is C16H21F2N3O. The zero-order valence-corrected chi connectivity index (χ0v) is 12.9. The predicted octanol–water partition coefficient (Wildman–Crippen LogP) is 2.86. The normalized spacial score (nSPS) is 15.5. The lowest BCUT2D eigenvalue weighted by Crippen LogP contribution is -2.35. The van der Waals surface area contributed by atoms with Gasteiger partial charge in [-0.3, -0.25) is 4.68 Å². The molecule has 0 saturated heterocycles. The predicted molar refractivity (Wildman–Crippen MR) is 80.2 cm³/mol. The van der Waals surface area contributed by atoms with Gasteiger partial charge in [0.05, 0.1) is 12.3 Å². The SMILES string of the molecule is CCC(NC(C)C(O)c1ccc(F)c(F)c1)c1cnn(C)c1. The number of hydrogen-bond donors (Lipinski definition) is 2. The third kappa shape index (κ3) is 3.69. The Morgan fingerprint density at radius 1 is 1.27 bits per heavy atom. The highest BCUT2D eigenvalue weighted by Crippen LogP contribution is 2.23. The van der Waals surface area contributed by atoms with Gasteiger partial charge in [0, 0.05) is 30.9 Å². The van der Waals surface area contributed by atoms with Crippen LogP contribution >= 0.6 is 0 Å². The molecular weight excluding hydrogens is 288 g/mol. The fraction of sp³-hybridized carbons (Fsp3) is 0.438. The Bertz CT molecular complexity index is 630. The van der Waals surface area contributed by atoms with Gasteiger partial charge in [-0.25, -0.2) is 8.78 Å². The van der Waals surface area contributed by atoms with Gasteiger partial charge in [0.1, 0.15) is 0 Å². The van der Waals surface area contributed by atoms with E-state index in [1.165, 1.54) is 6.07 Å². The summed E-state index contributed by atoms with van der Waals surface area (Å²) in [5, 5.41) is 17.8. The molecule has 4 nitrogen and oxygen atoms in total. The number of aromatic nitrogens is 2. The first kappa shape index (κ1) is 16.6. The zero-order chi connectivity index (χ0) is 16.3. The highest BCUT2D eigenvalue weighted by molar-refractivity contribution is 5.21. The largest absolute Gasteiger partial charge is 0.387 e. The maximum Gasteiger partial charge on any atom is 0.159 e. The monoisotopic (exact) mass is 309 g/mol. The first-order valence-corrected chi connectivity index (χ1v) is 7.30. The van der Waals surface area contributed by atoms with E-state index in [0.29, 0.717) is 5.56 Å². The maximum atomic E-state index is 13.3. The molecule has 1 aromatic heterocycles. The number of aryl methyl sites for hydroxylation is 1. The van der Waals surface area contributed by atoms with Crippen molar-refractivity contribution in [2.45, 2.75) is 38.5 Å². The molecule has 0 fully saturated rings. The van der Waals surface area contributed by atoms with Gasteiger partial charge < -0.3 is 10.4 Å². The number of nitrogens with one attached hydrogen (secondary N) is 1. The van der Waals surface area contributed by atoms with Crippen LogP contribution in [0.5, 0.6) is 0 Å². The third-order valence-electron chi connectivity index (χ3n) is 3.76. The molecule has 0 aliphatic rings. The Morgan fingerprint density at radius 2 is 2.00 bits per heavy atom. The van der Waals surface area contributed by atoms with Gasteiger partial charge in [-0.15, -0.1) is 0 Å². The Labute approximate surface area is 128 Å². The fourth-order valence-electron chi connectivity index (χ4n) is 2.46. The van der Waals surface area contributed by atoms with Gasteiger partial charge in [-0.1, -0.05) is 13.0 Å². The molecule has 120 valence electrons. The van der Waals surface area contributed by atoms with Crippen LogP contribution < -0.4 is 5.32 Å². The van der Waals surface area contributed by atoms with Crippen molar-refractivity contribution in [3.8, 4) is 0 Å². The van der Waals surface area contributed by atoms with E-state index >= 15 is 0 Å². The summed E-state index contributed by atoms with van der Waals surface area (Å²) >= 11 is 0. The van der Waals surface area contributed by atoms with Gasteiger partial charge in [0.2, 0.25) is 0 Å². The molecule has 2 aromatic rings. The van der Waals surface area contributed by atoms with Gasteiger partial charge >= 0.3 is 0 Å². The molecule has 2 rings (SSSR count). The second-order valence-electron chi connectivity index (χ2n) is 5.48. The van der Waals surface area contributed by atoms with E-state index in [-0.39, 0.29) is 12.1 Å². The number of hydrogen-bond acceptors (Lipinski definition) is 3. The summed E-state index contributed by atoms with van der Waals surface area (Å²) in [5.41, 5.74) is 1.37. The van der Waals surface area contributed by atoms with Crippen LogP contribution in [0.2, 0.25) is 0 Å². The fourth-order valence-corrected chi connectivity index (χ4v) is 2.46. The minimum absolute atomic E-state index is 0.0312. The van der Waals surface area contributed by atoms with E-state index in [4.69, 9.17) is 0 Å². The van der Waals surface area contributed by atoms with E-state index in [9.17, 15) is 13.9 Å². The average Bonchev–Trinajstić information content (AvgIpc) is 2.93. The zero-order valence-electron chi connectivity index (χ0n) is 12.9. The Morgan fingerprint density at radius 3 is 2.55 bits per heavy atom. The van der Waals surface area contributed by atoms with Crippen LogP contribution in [0.3, 0.4) is 0 Å². The number of rotatable bonds is 6. The first-order valence-electron chi connectivity index (χ1n) is 7.30. The van der Waals surface area contributed by atoms with Crippen molar-refractivity contribution in [1.29, 1.82) is 0 Å². The summed E-state index contributed by atoms with van der Waals surface area (Å²) in [7, 11) is 1.84. The van der Waals surface area contributed by atoms with Crippen molar-refractivity contribution < 1.29 is 13.9 Å². The Hall–Kier alpha value is -1.79. The molecule has 22 heavy (non-hydrogen) atoms. The van der Waals surface area contributed by atoms with Crippen molar-refractivity contribution >= 4 is 0 Å². The number of aliphatic hydroxyl groups is 1. The lowest BCUT2D eigenvalue weighted by atomic mass is 10.0. The van der Waals surface area contributed by atoms with Crippen LogP contribution in [0, 0.1) is 11.6 Å². The van der Waals surface area contributed by atoms with Crippen molar-refractivity contribution in [3.05, 3.63) is 53.4 Å². The molecule has 0 saturated carbocycles. The van der Waals surface area contributed by atoms with Gasteiger partial charge in [-0.2, -0.15) is 5.10 Å². The molecule has 1 heterocycles. The van der Waals surface area contributed by atoms with Gasteiger partial charge in [-0.05, 0) is 31.0 Å². The molecule has 0 aliphatic carbocycles. The Kier molecular flexibility index (Phi) is 5.26. The number of benzene rings is 1. The standard InChI is InChI=1S/C16H21F2N3O/c1-4-15(12-8-19-21(3)9-12)20-10(2)16(22)11-5-6-13(17)14(18)7-11/h5-10,15-16,20,22H,4H2,1-3H3. The summed E-state index contributed by atoms with van der Waals surface area (Å²) < 4.78 is 28.0. The lowest BCUT2D eigenvalue weighted by Gasteiger charge is -2.25. The van der Waals surface area contributed by atoms with E-state index in [1.807, 2.05) is 27.1 Å². The van der Waals surface area contributed by atoms with E-state index in [0.717, 1.165) is 24.1 Å². The van der Waals surface area contributed by atoms with Crippen LogP contribution in [-0.4, -0.2) is 20.9 Å². The van der Waals surface area contributed by atoms with Gasteiger partial charge in [0.15, 0.2) is 11.6 Å². The average molecular weight is 309 g/mol. The van der Waals surface area contributed by atoms with Crippen LogP contribution in [0.25, 0.3) is 0 Å². The number of nitrogens with zero attached hydrogens (tertiary/aromatic N) is 2. The van der Waals surface area contributed by atoms with Gasteiger partial charge in [0.25, 0.3) is 0 Å². The molecule has 0 radical (unpaired) electrons. The highest BCUT2D eigenvalue weighted by atomic mass is 19.2. The van der Waals surface area contributed by atoms with E-state index < -0.39 is 17.7 Å². The summed E-state index contributed by atoms with van der Waals surface area (Å²) in [6.45, 7) is 3.84. The smallest absolute Gasteiger partial charge is 0.159 e. The lowest BCUT2D eigenvalue weighted by molar-refractivity contribution is 0.128. The van der Waals surface area contributed by atoms with Crippen molar-refractivity contribution in [1.82, 2.24) is 15.1 Å². The number of aliphatic hydroxyl groups excluding tert-OH is 1. The second-order valence-corrected chi connectivity index (χ2v) is 5.48. The quantitative estimate of drug-likeness (QED) is 0.862. The molecule has 1 aromatic carbocycles. The summed E-state index contributed by atoms with van der Waals surface area (Å²) in [4.78, 5) is 0. The Balaban J connectivity index is 2.09. The molecule has 6 heteroatoms. The molecule has 0 amide bonds. The molecule has 0 aliphatic heterocycles. The molecule has 2 N–H and O–H groups in total. The maximum absolute atomic E-state index is 13.3. The van der Waals surface area contributed by atoms with Crippen molar-refractivity contribution in [3.63, 3.8) is 0 Å². The number of halogens is 2. The summed E-state index contributed by atoms with van der Waals surface area (Å²) in [6.07, 6.45) is 3.58. The summed E-state index contributed by atoms with van der Waals surface area (Å²) in [6, 6.07) is 3.16. The van der Waals surface area contributed by atoms with Crippen LogP contribution in [0.15, 0.2) is 30.6 Å². The third-order valence-corrected chi connectivity index (χ3v) is 3.76. The first-order chi connectivity index (χ1) is 10.4. The van der Waals surface area contributed by atoms with Crippen LogP contribution in [0.1, 0.15) is 43.5 Å². The van der Waals surface area contributed by atoms with Crippen molar-refractivity contribution in [2.24, 2.45) is 7.05 Å². The van der Waals surface area contributed by atoms with Crippen LogP contribution in [0.4, 0.5) is 8.78 Å². The molecule has 0 bridgehead atoms. The topological polar surface area (TPSA) is 50.1 Å². The van der Waals surface area contributed by atoms with Crippen LogP contribution in [-0.2, 0) is 7.05 Å². The van der Waals surface area contributed by atoms with E-state index in [2.05, 4.69) is 10.4 Å². The minimum Gasteiger partial charge on any atom is -0.387 e. The van der Waals surface area contributed by atoms with Crippen molar-refractivity contribution in [2.75, 3.05) is 0 Å². The molecule has 3 unspecified atom stereocenters.